The van der Waals surface area contributed by atoms with E-state index in [4.69, 9.17) is 20.7 Å². The lowest BCUT2D eigenvalue weighted by molar-refractivity contribution is -0.192. The first-order valence-corrected chi connectivity index (χ1v) is 5.30. The maximum atomic E-state index is 10.6. The zero-order chi connectivity index (χ0) is 16.3. The Labute approximate surface area is 110 Å². The first-order chi connectivity index (χ1) is 8.86. The summed E-state index contributed by atoms with van der Waals surface area (Å²) in [6, 6.07) is -1.15. The second-order valence-corrected chi connectivity index (χ2v) is 4.35. The summed E-state index contributed by atoms with van der Waals surface area (Å²) in [5.41, 5.74) is 3.51. The van der Waals surface area contributed by atoms with Crippen molar-refractivity contribution in [2.75, 3.05) is 6.61 Å². The molecule has 1 fully saturated rings. The lowest BCUT2D eigenvalue weighted by atomic mass is 9.77. The van der Waals surface area contributed by atoms with Gasteiger partial charge in [-0.3, -0.25) is 0 Å². The molecule has 1 saturated carbocycles. The molecule has 20 heavy (non-hydrogen) atoms. The van der Waals surface area contributed by atoms with Gasteiger partial charge in [0.25, 0.3) is 0 Å². The largest absolute Gasteiger partial charge is 0.490 e. The Kier molecular flexibility index (Phi) is 6.32. The first-order valence-electron chi connectivity index (χ1n) is 5.30. The lowest BCUT2D eigenvalue weighted by Crippen LogP contribution is -2.67. The third kappa shape index (κ3) is 4.54. The van der Waals surface area contributed by atoms with E-state index in [1.54, 1.807) is 0 Å². The summed E-state index contributed by atoms with van der Waals surface area (Å²) in [5, 5.41) is 53.3. The molecule has 0 spiro atoms. The number of aliphatic hydroxyl groups excluding tert-OH is 4. The second-order valence-electron chi connectivity index (χ2n) is 4.35. The monoisotopic (exact) mass is 307 g/mol. The van der Waals surface area contributed by atoms with E-state index in [0.717, 1.165) is 0 Å². The number of halogens is 3. The van der Waals surface area contributed by atoms with Gasteiger partial charge in [0.2, 0.25) is 0 Å². The number of nitrogens with two attached hydrogens (primary N) is 1. The molecule has 0 bridgehead atoms. The number of carbonyl (C=O) groups is 1. The van der Waals surface area contributed by atoms with Crippen molar-refractivity contribution in [1.29, 1.82) is 0 Å². The van der Waals surface area contributed by atoms with Gasteiger partial charge in [-0.25, -0.2) is 4.79 Å². The molecule has 1 rings (SSSR count). The Hall–Kier alpha value is -0.980. The molecule has 8 nitrogen and oxygen atoms in total. The van der Waals surface area contributed by atoms with Crippen LogP contribution in [0.3, 0.4) is 0 Å². The minimum atomic E-state index is -5.08. The van der Waals surface area contributed by atoms with Crippen LogP contribution in [-0.4, -0.2) is 79.3 Å². The van der Waals surface area contributed by atoms with E-state index in [-0.39, 0.29) is 6.42 Å². The highest BCUT2D eigenvalue weighted by Gasteiger charge is 2.49. The molecule has 0 unspecified atom stereocenters. The van der Waals surface area contributed by atoms with Gasteiger partial charge < -0.3 is 36.4 Å². The van der Waals surface area contributed by atoms with Gasteiger partial charge in [0.05, 0.1) is 24.9 Å². The van der Waals surface area contributed by atoms with E-state index >= 15 is 0 Å². The molecule has 120 valence electrons. The van der Waals surface area contributed by atoms with E-state index in [1.165, 1.54) is 0 Å². The molecule has 8 N–H and O–H groups in total. The lowest BCUT2D eigenvalue weighted by Gasteiger charge is -2.43. The summed E-state index contributed by atoms with van der Waals surface area (Å²) in [7, 11) is 0. The van der Waals surface area contributed by atoms with Crippen LogP contribution in [0.4, 0.5) is 13.2 Å². The van der Waals surface area contributed by atoms with Crippen molar-refractivity contribution < 1.29 is 48.6 Å². The number of hydrogen-bond donors (Lipinski definition) is 7. The fourth-order valence-corrected chi connectivity index (χ4v) is 1.56. The molecule has 5 atom stereocenters. The Morgan fingerprint density at radius 1 is 1.30 bits per heavy atom. The molecular weight excluding hydrogens is 291 g/mol. The molecule has 0 aromatic heterocycles. The van der Waals surface area contributed by atoms with Crippen molar-refractivity contribution in [2.45, 2.75) is 42.6 Å². The van der Waals surface area contributed by atoms with Crippen LogP contribution in [0.5, 0.6) is 0 Å². The molecule has 0 heterocycles. The first kappa shape index (κ1) is 19.0. The minimum Gasteiger partial charge on any atom is -0.475 e. The minimum absolute atomic E-state index is 0.292. The zero-order valence-corrected chi connectivity index (χ0v) is 10.0. The summed E-state index contributed by atoms with van der Waals surface area (Å²) >= 11 is 0. The fraction of sp³-hybridized carbons (Fsp3) is 0.889. The topological polar surface area (TPSA) is 164 Å². The van der Waals surface area contributed by atoms with Crippen LogP contribution in [0.2, 0.25) is 0 Å². The van der Waals surface area contributed by atoms with Crippen molar-refractivity contribution in [3.05, 3.63) is 0 Å². The van der Waals surface area contributed by atoms with Crippen LogP contribution < -0.4 is 5.73 Å². The number of carboxylic acid groups (broad SMARTS) is 1. The number of rotatable bonds is 1. The summed E-state index contributed by atoms with van der Waals surface area (Å²) in [5.74, 6) is -2.76. The van der Waals surface area contributed by atoms with E-state index in [0.29, 0.717) is 0 Å². The Morgan fingerprint density at radius 2 is 1.70 bits per heavy atom. The maximum absolute atomic E-state index is 10.6. The average molecular weight is 307 g/mol. The predicted octanol–water partition coefficient (Wildman–Crippen LogP) is -2.84. The van der Waals surface area contributed by atoms with Gasteiger partial charge in [-0.2, -0.15) is 13.2 Å². The van der Waals surface area contributed by atoms with Crippen LogP contribution >= 0.6 is 0 Å². The van der Waals surface area contributed by atoms with Gasteiger partial charge in [-0.05, 0) is 0 Å². The summed E-state index contributed by atoms with van der Waals surface area (Å²) < 4.78 is 31.7. The molecule has 0 aromatic rings. The summed E-state index contributed by atoms with van der Waals surface area (Å²) in [4.78, 5) is 8.90. The van der Waals surface area contributed by atoms with E-state index in [2.05, 4.69) is 0 Å². The maximum Gasteiger partial charge on any atom is 0.490 e. The van der Waals surface area contributed by atoms with Gasteiger partial charge in [-0.15, -0.1) is 0 Å². The van der Waals surface area contributed by atoms with Crippen molar-refractivity contribution in [2.24, 2.45) is 5.73 Å². The average Bonchev–Trinajstić information content (AvgIpc) is 2.33. The summed E-state index contributed by atoms with van der Waals surface area (Å²) in [6.07, 6.45) is -9.31. The molecule has 0 saturated heterocycles. The predicted molar refractivity (Wildman–Crippen MR) is 56.3 cm³/mol. The normalized spacial score (nSPS) is 37.9. The number of aliphatic carboxylic acids is 1. The Morgan fingerprint density at radius 3 is 2.00 bits per heavy atom. The molecule has 0 aliphatic heterocycles. The van der Waals surface area contributed by atoms with Gasteiger partial charge in [-0.1, -0.05) is 0 Å². The number of aliphatic hydroxyl groups is 5. The molecule has 0 radical (unpaired) electrons. The van der Waals surface area contributed by atoms with Crippen LogP contribution in [0.15, 0.2) is 0 Å². The Bertz CT molecular complexity index is 340. The van der Waals surface area contributed by atoms with Crippen LogP contribution in [0, 0.1) is 0 Å². The van der Waals surface area contributed by atoms with Crippen molar-refractivity contribution in [3.8, 4) is 0 Å². The van der Waals surface area contributed by atoms with Crippen molar-refractivity contribution in [1.82, 2.24) is 0 Å². The van der Waals surface area contributed by atoms with Crippen LogP contribution in [-0.2, 0) is 4.79 Å². The molecule has 0 aromatic carbocycles. The zero-order valence-electron chi connectivity index (χ0n) is 10.0. The third-order valence-electron chi connectivity index (χ3n) is 2.78. The fourth-order valence-electron chi connectivity index (χ4n) is 1.56. The molecule has 0 amide bonds. The third-order valence-corrected chi connectivity index (χ3v) is 2.78. The molecule has 11 heteroatoms. The van der Waals surface area contributed by atoms with Gasteiger partial charge in [0, 0.05) is 6.42 Å². The summed E-state index contributed by atoms with van der Waals surface area (Å²) in [6.45, 7) is -0.703. The van der Waals surface area contributed by atoms with E-state index in [1.807, 2.05) is 0 Å². The second kappa shape index (κ2) is 6.65. The van der Waals surface area contributed by atoms with Gasteiger partial charge in [0.15, 0.2) is 0 Å². The van der Waals surface area contributed by atoms with Gasteiger partial charge in [0.1, 0.15) is 11.7 Å². The standard InChI is InChI=1S/C7H15NO5.C2HF3O2/c8-4-5(11)3(10)1-7(13,2-9)6(4)12;3-2(4,5)1(6)7/h3-6,9-13H,1-2,8H2;(H,6,7)/t3-,4-,5+,6+,7+;/m1./s1. The highest BCUT2D eigenvalue weighted by molar-refractivity contribution is 5.73. The Balaban J connectivity index is 0.000000441. The molecule has 1 aliphatic rings. The number of carboxylic acids is 1. The van der Waals surface area contributed by atoms with Crippen molar-refractivity contribution in [3.63, 3.8) is 0 Å². The number of alkyl halides is 3. The van der Waals surface area contributed by atoms with E-state index in [9.17, 15) is 33.6 Å². The van der Waals surface area contributed by atoms with E-state index < -0.39 is 48.7 Å². The van der Waals surface area contributed by atoms with Gasteiger partial charge >= 0.3 is 12.1 Å². The van der Waals surface area contributed by atoms with Crippen LogP contribution in [0.1, 0.15) is 6.42 Å². The quantitative estimate of drug-likeness (QED) is 0.272. The smallest absolute Gasteiger partial charge is 0.475 e. The molecule has 1 aliphatic carbocycles. The highest BCUT2D eigenvalue weighted by atomic mass is 19.4. The molecular formula is C9H16F3NO7. The van der Waals surface area contributed by atoms with Crippen LogP contribution in [0.25, 0.3) is 0 Å². The SMILES string of the molecule is N[C@@H]1[C@@H](O)[C@H](O)C[C@](O)(CO)[C@H]1O.O=C(O)C(F)(F)F. The number of hydrogen-bond acceptors (Lipinski definition) is 7. The highest BCUT2D eigenvalue weighted by Crippen LogP contribution is 2.28. The van der Waals surface area contributed by atoms with Crippen molar-refractivity contribution >= 4 is 5.97 Å².